The van der Waals surface area contributed by atoms with Gasteiger partial charge in [-0.1, -0.05) is 161 Å². The number of nitrogens with zero attached hydrogens (tertiary/aromatic N) is 7. The molecule has 0 saturated carbocycles. The van der Waals surface area contributed by atoms with E-state index in [2.05, 4.69) is 161 Å². The van der Waals surface area contributed by atoms with Crippen molar-refractivity contribution in [3.05, 3.63) is 198 Å². The van der Waals surface area contributed by atoms with Gasteiger partial charge in [0.15, 0.2) is 34.9 Å². The number of rotatable bonds is 10. The van der Waals surface area contributed by atoms with Crippen molar-refractivity contribution in [3.8, 4) is 74.0 Å². The van der Waals surface area contributed by atoms with Gasteiger partial charge in [-0.2, -0.15) is 0 Å². The zero-order valence-corrected chi connectivity index (χ0v) is 42.2. The van der Waals surface area contributed by atoms with Crippen LogP contribution in [0, 0.1) is 13.8 Å². The van der Waals surface area contributed by atoms with E-state index >= 15 is 0 Å². The molecule has 72 heavy (non-hydrogen) atoms. The normalized spacial score (nSPS) is 11.9. The van der Waals surface area contributed by atoms with Gasteiger partial charge in [-0.3, -0.25) is 0 Å². The molecule has 0 aliphatic carbocycles. The van der Waals surface area contributed by atoms with Crippen molar-refractivity contribution in [1.29, 1.82) is 0 Å². The van der Waals surface area contributed by atoms with E-state index in [0.717, 1.165) is 74.9 Å². The summed E-state index contributed by atoms with van der Waals surface area (Å²) >= 11 is 1.86. The third-order valence-corrected chi connectivity index (χ3v) is 14.9. The monoisotopic (exact) mass is 951 g/mol. The summed E-state index contributed by atoms with van der Waals surface area (Å²) in [7, 11) is 0. The predicted octanol–water partition coefficient (Wildman–Crippen LogP) is 16.8. The van der Waals surface area contributed by atoms with Gasteiger partial charge in [0, 0.05) is 64.3 Å². The van der Waals surface area contributed by atoms with Gasteiger partial charge in [0.1, 0.15) is 0 Å². The number of aromatic nitrogens is 7. The zero-order valence-electron chi connectivity index (χ0n) is 41.4. The van der Waals surface area contributed by atoms with Gasteiger partial charge in [0.05, 0.1) is 16.7 Å². The maximum Gasteiger partial charge on any atom is 0.166 e. The number of fused-ring (bicyclic) bond motifs is 7. The fourth-order valence-electron chi connectivity index (χ4n) is 10.1. The van der Waals surface area contributed by atoms with Crippen LogP contribution in [0.2, 0.25) is 0 Å². The molecule has 8 aromatic carbocycles. The highest BCUT2D eigenvalue weighted by atomic mass is 32.1. The lowest BCUT2D eigenvalue weighted by molar-refractivity contribution is 0.590. The van der Waals surface area contributed by atoms with Gasteiger partial charge in [-0.05, 0) is 104 Å². The lowest BCUT2D eigenvalue weighted by Crippen LogP contribution is -2.12. The van der Waals surface area contributed by atoms with Gasteiger partial charge in [-0.25, -0.2) is 29.9 Å². The Labute approximate surface area is 424 Å². The number of aryl methyl sites for hydroxylation is 3. The van der Waals surface area contributed by atoms with Crippen LogP contribution in [-0.4, -0.2) is 34.5 Å². The summed E-state index contributed by atoms with van der Waals surface area (Å²) in [6.45, 7) is 13.3. The molecule has 0 fully saturated rings. The standard InChI is InChI=1S/C64H53N7S/c1-7-8-19-41-32-39(2)33-45(36-41)61-68-62(46-34-40(3)35-47(37-46)64(4,5)6)70-63(69-61)51-38-44(60-66-58(42-20-11-9-12-21-42)65-59(67-60)43-22-13-10-14-23-43)28-30-53(51)71-52-26-17-15-25-50(52)56-54(71)31-29-49-48-24-16-18-27-55(48)72-57(49)56/h9-18,20-38H,7-8,19H2,1-6H3. The number of benzene rings is 8. The van der Waals surface area contributed by atoms with Gasteiger partial charge >= 0.3 is 0 Å². The number of hydrogen-bond donors (Lipinski definition) is 0. The third kappa shape index (κ3) is 8.31. The Morgan fingerprint density at radius 3 is 1.69 bits per heavy atom. The molecule has 0 aliphatic heterocycles. The second-order valence-corrected chi connectivity index (χ2v) is 21.1. The van der Waals surface area contributed by atoms with Crippen molar-refractivity contribution >= 4 is 53.3 Å². The molecule has 0 atom stereocenters. The van der Waals surface area contributed by atoms with E-state index < -0.39 is 0 Å². The number of para-hydroxylation sites is 1. The minimum Gasteiger partial charge on any atom is -0.308 e. The minimum absolute atomic E-state index is 0.0935. The number of thiophene rings is 1. The molecule has 7 nitrogen and oxygen atoms in total. The topological polar surface area (TPSA) is 82.3 Å². The molecule has 0 spiro atoms. The first kappa shape index (κ1) is 45.0. The molecular formula is C64H53N7S. The Morgan fingerprint density at radius 2 is 1.03 bits per heavy atom. The first-order valence-corrected chi connectivity index (χ1v) is 25.7. The van der Waals surface area contributed by atoms with Gasteiger partial charge in [0.25, 0.3) is 0 Å². The zero-order chi connectivity index (χ0) is 49.1. The van der Waals surface area contributed by atoms with Crippen molar-refractivity contribution in [2.75, 3.05) is 0 Å². The summed E-state index contributed by atoms with van der Waals surface area (Å²) < 4.78 is 4.94. The molecule has 4 aromatic heterocycles. The largest absolute Gasteiger partial charge is 0.308 e. The summed E-state index contributed by atoms with van der Waals surface area (Å²) in [4.78, 5) is 32.0. The highest BCUT2D eigenvalue weighted by molar-refractivity contribution is 7.26. The Balaban J connectivity index is 1.17. The maximum absolute atomic E-state index is 5.55. The van der Waals surface area contributed by atoms with E-state index in [1.165, 1.54) is 47.6 Å². The Morgan fingerprint density at radius 1 is 0.458 bits per heavy atom. The lowest BCUT2D eigenvalue weighted by atomic mass is 9.85. The molecule has 12 aromatic rings. The van der Waals surface area contributed by atoms with E-state index in [9.17, 15) is 0 Å². The molecule has 0 unspecified atom stereocenters. The highest BCUT2D eigenvalue weighted by Gasteiger charge is 2.24. The van der Waals surface area contributed by atoms with Crippen LogP contribution in [0.4, 0.5) is 0 Å². The molecule has 0 aliphatic rings. The van der Waals surface area contributed by atoms with Crippen molar-refractivity contribution < 1.29 is 0 Å². The molecule has 350 valence electrons. The van der Waals surface area contributed by atoms with E-state index in [0.29, 0.717) is 34.9 Å². The fraction of sp³-hybridized carbons (Fsp3) is 0.156. The van der Waals surface area contributed by atoms with Crippen molar-refractivity contribution in [1.82, 2.24) is 34.5 Å². The molecule has 0 radical (unpaired) electrons. The predicted molar refractivity (Wildman–Crippen MR) is 300 cm³/mol. The lowest BCUT2D eigenvalue weighted by Gasteiger charge is -2.21. The van der Waals surface area contributed by atoms with Crippen LogP contribution in [-0.2, 0) is 11.8 Å². The molecule has 0 N–H and O–H groups in total. The minimum atomic E-state index is -0.0935. The van der Waals surface area contributed by atoms with Crippen LogP contribution in [0.1, 0.15) is 62.8 Å². The second kappa shape index (κ2) is 18.2. The number of unbranched alkanes of at least 4 members (excludes halogenated alkanes) is 1. The van der Waals surface area contributed by atoms with Crippen molar-refractivity contribution in [2.45, 2.75) is 66.2 Å². The average Bonchev–Trinajstić information content (AvgIpc) is 3.96. The van der Waals surface area contributed by atoms with Gasteiger partial charge < -0.3 is 4.57 Å². The second-order valence-electron chi connectivity index (χ2n) is 20.0. The van der Waals surface area contributed by atoms with Crippen LogP contribution in [0.15, 0.2) is 176 Å². The molecule has 12 rings (SSSR count). The molecule has 0 bridgehead atoms. The maximum atomic E-state index is 5.55. The highest BCUT2D eigenvalue weighted by Crippen LogP contribution is 2.45. The molecule has 0 amide bonds. The molecular weight excluding hydrogens is 899 g/mol. The fourth-order valence-corrected chi connectivity index (χ4v) is 11.4. The van der Waals surface area contributed by atoms with Crippen molar-refractivity contribution in [3.63, 3.8) is 0 Å². The number of hydrogen-bond acceptors (Lipinski definition) is 7. The van der Waals surface area contributed by atoms with Crippen LogP contribution >= 0.6 is 11.3 Å². The molecule has 0 saturated heterocycles. The average molecular weight is 952 g/mol. The van der Waals surface area contributed by atoms with Crippen molar-refractivity contribution in [2.24, 2.45) is 0 Å². The Kier molecular flexibility index (Phi) is 11.4. The van der Waals surface area contributed by atoms with E-state index in [1.807, 2.05) is 72.0 Å². The molecule has 4 heterocycles. The third-order valence-electron chi connectivity index (χ3n) is 13.7. The first-order chi connectivity index (χ1) is 35.1. The Hall–Kier alpha value is -8.20. The summed E-state index contributed by atoms with van der Waals surface area (Å²) in [5.74, 6) is 3.53. The van der Waals surface area contributed by atoms with E-state index in [-0.39, 0.29) is 5.41 Å². The summed E-state index contributed by atoms with van der Waals surface area (Å²) in [6.07, 6.45) is 3.20. The van der Waals surface area contributed by atoms with Gasteiger partial charge in [0.2, 0.25) is 0 Å². The molecule has 8 heteroatoms. The summed E-state index contributed by atoms with van der Waals surface area (Å²) in [6, 6.07) is 62.3. The van der Waals surface area contributed by atoms with E-state index in [4.69, 9.17) is 29.9 Å². The van der Waals surface area contributed by atoms with Crippen LogP contribution in [0.25, 0.3) is 116 Å². The summed E-state index contributed by atoms with van der Waals surface area (Å²) in [5.41, 5.74) is 13.2. The van der Waals surface area contributed by atoms with Crippen LogP contribution in [0.3, 0.4) is 0 Å². The van der Waals surface area contributed by atoms with Crippen LogP contribution < -0.4 is 0 Å². The Bertz CT molecular complexity index is 3980. The van der Waals surface area contributed by atoms with Crippen LogP contribution in [0.5, 0.6) is 0 Å². The SMILES string of the molecule is CCCCc1cc(C)cc(-c2nc(-c3cc(C)cc(C(C)(C)C)c3)nc(-c3cc(-c4nc(-c5ccccc5)nc(-c5ccccc5)n4)ccc3-n3c4ccccc4c4c5sc6ccccc6c5ccc43)n2)c1. The summed E-state index contributed by atoms with van der Waals surface area (Å²) in [5, 5.41) is 4.94. The van der Waals surface area contributed by atoms with Gasteiger partial charge in [-0.15, -0.1) is 11.3 Å². The first-order valence-electron chi connectivity index (χ1n) is 24.9. The smallest absolute Gasteiger partial charge is 0.166 e. The van der Waals surface area contributed by atoms with E-state index in [1.54, 1.807) is 0 Å². The quantitative estimate of drug-likeness (QED) is 0.136.